The van der Waals surface area contributed by atoms with Gasteiger partial charge in [-0.1, -0.05) is 18.2 Å². The molecule has 4 nitrogen and oxygen atoms in total. The maximum absolute atomic E-state index is 6.12. The fourth-order valence-electron chi connectivity index (χ4n) is 1.69. The summed E-state index contributed by atoms with van der Waals surface area (Å²) in [7, 11) is 3.36. The normalized spacial score (nSPS) is 13.3. The number of para-hydroxylation sites is 1. The van der Waals surface area contributed by atoms with E-state index in [4.69, 9.17) is 19.9 Å². The molecule has 0 aromatic heterocycles. The van der Waals surface area contributed by atoms with Crippen LogP contribution in [0.3, 0.4) is 0 Å². The van der Waals surface area contributed by atoms with Crippen LogP contribution >= 0.6 is 0 Å². The summed E-state index contributed by atoms with van der Waals surface area (Å²) in [5.74, 6) is 0.802. The van der Waals surface area contributed by atoms with Crippen molar-refractivity contribution < 1.29 is 14.2 Å². The lowest BCUT2D eigenvalue weighted by atomic mass is 10.1. The number of hydrogen-bond donors (Lipinski definition) is 1. The average molecular weight is 267 g/mol. The Morgan fingerprint density at radius 1 is 1.21 bits per heavy atom. The fourth-order valence-corrected chi connectivity index (χ4v) is 1.69. The molecule has 0 aliphatic rings. The van der Waals surface area contributed by atoms with E-state index in [1.54, 1.807) is 14.2 Å². The lowest BCUT2D eigenvalue weighted by Gasteiger charge is -2.23. The first-order chi connectivity index (χ1) is 9.00. The van der Waals surface area contributed by atoms with Crippen molar-refractivity contribution in [3.05, 3.63) is 29.8 Å². The number of ether oxygens (including phenoxy) is 3. The molecule has 0 spiro atoms. The molecule has 108 valence electrons. The van der Waals surface area contributed by atoms with E-state index in [0.29, 0.717) is 13.2 Å². The van der Waals surface area contributed by atoms with Gasteiger partial charge in [-0.15, -0.1) is 0 Å². The van der Waals surface area contributed by atoms with Crippen LogP contribution in [0.4, 0.5) is 0 Å². The summed E-state index contributed by atoms with van der Waals surface area (Å²) in [5.41, 5.74) is 6.93. The minimum absolute atomic E-state index is 0.158. The molecule has 1 aromatic carbocycles. The molecule has 0 aliphatic heterocycles. The Morgan fingerprint density at radius 3 is 2.53 bits per heavy atom. The Kier molecular flexibility index (Phi) is 6.28. The monoisotopic (exact) mass is 267 g/mol. The van der Waals surface area contributed by atoms with Gasteiger partial charge in [-0.05, 0) is 26.3 Å². The number of rotatable bonds is 8. The third-order valence-electron chi connectivity index (χ3n) is 3.24. The number of nitrogens with two attached hydrogens (primary N) is 1. The minimum Gasteiger partial charge on any atom is -0.496 e. The SMILES string of the molecule is COc1ccccc1C(N)COCCC(C)(C)OC. The summed E-state index contributed by atoms with van der Waals surface area (Å²) >= 11 is 0. The van der Waals surface area contributed by atoms with Gasteiger partial charge in [0.1, 0.15) is 5.75 Å². The van der Waals surface area contributed by atoms with E-state index in [1.165, 1.54) is 0 Å². The average Bonchev–Trinajstić information content (AvgIpc) is 2.43. The van der Waals surface area contributed by atoms with E-state index in [0.717, 1.165) is 17.7 Å². The van der Waals surface area contributed by atoms with Crippen molar-refractivity contribution in [3.8, 4) is 5.75 Å². The Morgan fingerprint density at radius 2 is 1.89 bits per heavy atom. The summed E-state index contributed by atoms with van der Waals surface area (Å²) in [5, 5.41) is 0. The molecule has 1 unspecified atom stereocenters. The molecule has 1 atom stereocenters. The molecule has 0 heterocycles. The lowest BCUT2D eigenvalue weighted by molar-refractivity contribution is -0.0114. The lowest BCUT2D eigenvalue weighted by Crippen LogP contribution is -2.26. The van der Waals surface area contributed by atoms with Crippen LogP contribution in [-0.4, -0.2) is 33.0 Å². The van der Waals surface area contributed by atoms with Gasteiger partial charge in [0.15, 0.2) is 0 Å². The molecule has 0 fully saturated rings. The van der Waals surface area contributed by atoms with Gasteiger partial charge in [0.25, 0.3) is 0 Å². The van der Waals surface area contributed by atoms with E-state index >= 15 is 0 Å². The summed E-state index contributed by atoms with van der Waals surface area (Å²) in [6, 6.07) is 7.57. The molecule has 0 saturated carbocycles. The van der Waals surface area contributed by atoms with E-state index < -0.39 is 0 Å². The van der Waals surface area contributed by atoms with E-state index in [-0.39, 0.29) is 11.6 Å². The van der Waals surface area contributed by atoms with Crippen LogP contribution < -0.4 is 10.5 Å². The van der Waals surface area contributed by atoms with Crippen molar-refractivity contribution in [2.75, 3.05) is 27.4 Å². The highest BCUT2D eigenvalue weighted by molar-refractivity contribution is 5.35. The second kappa shape index (κ2) is 7.48. The van der Waals surface area contributed by atoms with Crippen molar-refractivity contribution in [1.29, 1.82) is 0 Å². The Labute approximate surface area is 115 Å². The van der Waals surface area contributed by atoms with Gasteiger partial charge in [0.2, 0.25) is 0 Å². The molecule has 0 radical (unpaired) electrons. The van der Waals surface area contributed by atoms with Crippen LogP contribution in [0.15, 0.2) is 24.3 Å². The van der Waals surface area contributed by atoms with Crippen molar-refractivity contribution >= 4 is 0 Å². The minimum atomic E-state index is -0.179. The molecule has 2 N–H and O–H groups in total. The zero-order chi connectivity index (χ0) is 14.3. The quantitative estimate of drug-likeness (QED) is 0.735. The van der Waals surface area contributed by atoms with Gasteiger partial charge in [-0.25, -0.2) is 0 Å². The first-order valence-corrected chi connectivity index (χ1v) is 6.51. The molecule has 0 bridgehead atoms. The number of hydrogen-bond acceptors (Lipinski definition) is 4. The van der Waals surface area contributed by atoms with Crippen molar-refractivity contribution in [2.24, 2.45) is 5.73 Å². The van der Waals surface area contributed by atoms with Gasteiger partial charge >= 0.3 is 0 Å². The largest absolute Gasteiger partial charge is 0.496 e. The van der Waals surface area contributed by atoms with E-state index in [9.17, 15) is 0 Å². The zero-order valence-electron chi connectivity index (χ0n) is 12.3. The Hall–Kier alpha value is -1.10. The smallest absolute Gasteiger partial charge is 0.123 e. The first-order valence-electron chi connectivity index (χ1n) is 6.51. The molecule has 19 heavy (non-hydrogen) atoms. The Balaban J connectivity index is 2.41. The van der Waals surface area contributed by atoms with Crippen LogP contribution in [0, 0.1) is 0 Å². The van der Waals surface area contributed by atoms with Crippen LogP contribution in [-0.2, 0) is 9.47 Å². The standard InChI is InChI=1S/C15H25NO3/c1-15(2,18-4)9-10-19-11-13(16)12-7-5-6-8-14(12)17-3/h5-8,13H,9-11,16H2,1-4H3. The molecular formula is C15H25NO3. The van der Waals surface area contributed by atoms with Crippen molar-refractivity contribution in [2.45, 2.75) is 31.9 Å². The van der Waals surface area contributed by atoms with Gasteiger partial charge < -0.3 is 19.9 Å². The third kappa shape index (κ3) is 5.19. The van der Waals surface area contributed by atoms with E-state index in [1.807, 2.05) is 38.1 Å². The van der Waals surface area contributed by atoms with Crippen molar-refractivity contribution in [1.82, 2.24) is 0 Å². The van der Waals surface area contributed by atoms with Crippen molar-refractivity contribution in [3.63, 3.8) is 0 Å². The molecule has 0 amide bonds. The number of benzene rings is 1. The van der Waals surface area contributed by atoms with Crippen LogP contribution in [0.1, 0.15) is 31.9 Å². The molecule has 1 aromatic rings. The predicted octanol–water partition coefficient (Wildman–Crippen LogP) is 2.53. The molecule has 1 rings (SSSR count). The van der Waals surface area contributed by atoms with Gasteiger partial charge in [-0.3, -0.25) is 0 Å². The molecular weight excluding hydrogens is 242 g/mol. The zero-order valence-corrected chi connectivity index (χ0v) is 12.3. The number of methoxy groups -OCH3 is 2. The van der Waals surface area contributed by atoms with Gasteiger partial charge in [0, 0.05) is 19.3 Å². The van der Waals surface area contributed by atoms with Crippen LogP contribution in [0.5, 0.6) is 5.75 Å². The summed E-state index contributed by atoms with van der Waals surface area (Å²) < 4.78 is 16.2. The Bertz CT molecular complexity index is 379. The summed E-state index contributed by atoms with van der Waals surface area (Å²) in [4.78, 5) is 0. The third-order valence-corrected chi connectivity index (χ3v) is 3.24. The molecule has 0 saturated heterocycles. The second-order valence-electron chi connectivity index (χ2n) is 5.14. The highest BCUT2D eigenvalue weighted by Gasteiger charge is 2.16. The van der Waals surface area contributed by atoms with Crippen LogP contribution in [0.2, 0.25) is 0 Å². The van der Waals surface area contributed by atoms with Crippen LogP contribution in [0.25, 0.3) is 0 Å². The second-order valence-corrected chi connectivity index (χ2v) is 5.14. The maximum atomic E-state index is 6.12. The predicted molar refractivity (Wildman–Crippen MR) is 76.4 cm³/mol. The molecule has 4 heteroatoms. The summed E-state index contributed by atoms with van der Waals surface area (Å²) in [6.07, 6.45) is 0.835. The highest BCUT2D eigenvalue weighted by Crippen LogP contribution is 2.23. The maximum Gasteiger partial charge on any atom is 0.123 e. The topological polar surface area (TPSA) is 53.7 Å². The molecule has 0 aliphatic carbocycles. The fraction of sp³-hybridized carbons (Fsp3) is 0.600. The van der Waals surface area contributed by atoms with Gasteiger partial charge in [-0.2, -0.15) is 0 Å². The summed E-state index contributed by atoms with van der Waals surface area (Å²) in [6.45, 7) is 5.18. The van der Waals surface area contributed by atoms with Gasteiger partial charge in [0.05, 0.1) is 25.4 Å². The van der Waals surface area contributed by atoms with E-state index in [2.05, 4.69) is 0 Å². The first kappa shape index (κ1) is 16.0. The highest BCUT2D eigenvalue weighted by atomic mass is 16.5.